The van der Waals surface area contributed by atoms with Crippen LogP contribution in [-0.4, -0.2) is 54.0 Å². The van der Waals surface area contributed by atoms with Crippen molar-refractivity contribution in [3.63, 3.8) is 0 Å². The fourth-order valence-corrected chi connectivity index (χ4v) is 3.73. The minimum absolute atomic E-state index is 0.0689. The van der Waals surface area contributed by atoms with Crippen LogP contribution in [0, 0.1) is 11.3 Å². The lowest BCUT2D eigenvalue weighted by molar-refractivity contribution is -0.134. The highest BCUT2D eigenvalue weighted by molar-refractivity contribution is 5.76. The van der Waals surface area contributed by atoms with Gasteiger partial charge >= 0.3 is 6.03 Å². The van der Waals surface area contributed by atoms with Crippen molar-refractivity contribution in [2.75, 3.05) is 26.2 Å². The molecule has 0 aromatic carbocycles. The maximum Gasteiger partial charge on any atom is 0.317 e. The van der Waals surface area contributed by atoms with Crippen molar-refractivity contribution in [1.29, 1.82) is 0 Å². The van der Waals surface area contributed by atoms with Crippen LogP contribution < -0.4 is 5.32 Å². The Labute approximate surface area is 140 Å². The Hall–Kier alpha value is -1.26. The quantitative estimate of drug-likeness (QED) is 0.868. The zero-order chi connectivity index (χ0) is 17.0. The summed E-state index contributed by atoms with van der Waals surface area (Å²) in [6, 6.07) is 0.257. The van der Waals surface area contributed by atoms with Gasteiger partial charge in [0.1, 0.15) is 0 Å². The SMILES string of the molecule is CC(C)CC(=O)N1CCC2(CC1)CCN(C(=O)NC(C)C)CC2. The first-order chi connectivity index (χ1) is 10.8. The zero-order valence-electron chi connectivity index (χ0n) is 15.2. The molecule has 5 heteroatoms. The molecule has 132 valence electrons. The van der Waals surface area contributed by atoms with Gasteiger partial charge in [-0.2, -0.15) is 0 Å². The van der Waals surface area contributed by atoms with E-state index in [0.717, 1.165) is 51.9 Å². The van der Waals surface area contributed by atoms with Crippen LogP contribution in [0.4, 0.5) is 4.79 Å². The maximum absolute atomic E-state index is 12.2. The van der Waals surface area contributed by atoms with Crippen molar-refractivity contribution < 1.29 is 9.59 Å². The molecule has 2 aliphatic heterocycles. The molecule has 0 atom stereocenters. The van der Waals surface area contributed by atoms with Crippen LogP contribution in [0.2, 0.25) is 0 Å². The van der Waals surface area contributed by atoms with Gasteiger partial charge in [0.05, 0.1) is 0 Å². The highest BCUT2D eigenvalue weighted by Gasteiger charge is 2.39. The molecule has 2 rings (SSSR count). The van der Waals surface area contributed by atoms with Gasteiger partial charge in [-0.3, -0.25) is 4.79 Å². The van der Waals surface area contributed by atoms with Gasteiger partial charge in [0, 0.05) is 38.6 Å². The minimum Gasteiger partial charge on any atom is -0.343 e. The molecule has 0 saturated carbocycles. The van der Waals surface area contributed by atoms with E-state index in [4.69, 9.17) is 0 Å². The summed E-state index contributed by atoms with van der Waals surface area (Å²) in [5.74, 6) is 0.740. The molecule has 3 amide bonds. The number of carbonyl (C=O) groups excluding carboxylic acids is 2. The fraction of sp³-hybridized carbons (Fsp3) is 0.889. The van der Waals surface area contributed by atoms with E-state index in [1.54, 1.807) is 0 Å². The number of hydrogen-bond donors (Lipinski definition) is 1. The molecule has 0 aromatic rings. The zero-order valence-corrected chi connectivity index (χ0v) is 15.2. The summed E-state index contributed by atoms with van der Waals surface area (Å²) in [5, 5.41) is 2.98. The van der Waals surface area contributed by atoms with Crippen LogP contribution in [0.1, 0.15) is 59.8 Å². The van der Waals surface area contributed by atoms with E-state index in [0.29, 0.717) is 23.7 Å². The van der Waals surface area contributed by atoms with E-state index in [1.807, 2.05) is 23.6 Å². The number of amides is 3. The predicted octanol–water partition coefficient (Wildman–Crippen LogP) is 2.86. The molecule has 5 nitrogen and oxygen atoms in total. The Bertz CT molecular complexity index is 374. The Morgan fingerprint density at radius 2 is 1.39 bits per heavy atom. The second-order valence-electron chi connectivity index (χ2n) is 8.07. The lowest BCUT2D eigenvalue weighted by Crippen LogP contribution is -2.52. The first kappa shape index (κ1) is 18.1. The molecule has 2 saturated heterocycles. The lowest BCUT2D eigenvalue weighted by atomic mass is 9.71. The number of urea groups is 1. The third-order valence-corrected chi connectivity index (χ3v) is 5.28. The second kappa shape index (κ2) is 7.54. The highest BCUT2D eigenvalue weighted by Crippen LogP contribution is 2.41. The Kier molecular flexibility index (Phi) is 5.93. The van der Waals surface area contributed by atoms with Crippen molar-refractivity contribution in [1.82, 2.24) is 15.1 Å². The van der Waals surface area contributed by atoms with E-state index in [-0.39, 0.29) is 12.1 Å². The van der Waals surface area contributed by atoms with Crippen molar-refractivity contribution >= 4 is 11.9 Å². The van der Waals surface area contributed by atoms with Crippen LogP contribution in [0.3, 0.4) is 0 Å². The summed E-state index contributed by atoms with van der Waals surface area (Å²) in [5.41, 5.74) is 0.350. The summed E-state index contributed by atoms with van der Waals surface area (Å²) in [7, 11) is 0. The molecular weight excluding hydrogens is 290 g/mol. The average Bonchev–Trinajstić information content (AvgIpc) is 2.47. The van der Waals surface area contributed by atoms with Crippen LogP contribution in [0.25, 0.3) is 0 Å². The molecule has 1 N–H and O–H groups in total. The normalized spacial score (nSPS) is 21.1. The van der Waals surface area contributed by atoms with Crippen molar-refractivity contribution in [3.8, 4) is 0 Å². The number of rotatable bonds is 3. The molecular formula is C18H33N3O2. The predicted molar refractivity (Wildman–Crippen MR) is 92.2 cm³/mol. The Morgan fingerprint density at radius 1 is 0.913 bits per heavy atom. The number of nitrogens with zero attached hydrogens (tertiary/aromatic N) is 2. The highest BCUT2D eigenvalue weighted by atomic mass is 16.2. The standard InChI is InChI=1S/C18H33N3O2/c1-14(2)13-16(22)20-9-5-18(6-10-20)7-11-21(12-8-18)17(23)19-15(3)4/h14-15H,5-13H2,1-4H3,(H,19,23). The summed E-state index contributed by atoms with van der Waals surface area (Å²) < 4.78 is 0. The molecule has 23 heavy (non-hydrogen) atoms. The van der Waals surface area contributed by atoms with Gasteiger partial charge in [0.2, 0.25) is 5.91 Å². The van der Waals surface area contributed by atoms with Crippen LogP contribution in [0.5, 0.6) is 0 Å². The van der Waals surface area contributed by atoms with Crippen LogP contribution in [-0.2, 0) is 4.79 Å². The third kappa shape index (κ3) is 4.85. The fourth-order valence-electron chi connectivity index (χ4n) is 3.73. The van der Waals surface area contributed by atoms with Gasteiger partial charge in [-0.15, -0.1) is 0 Å². The smallest absolute Gasteiger partial charge is 0.317 e. The van der Waals surface area contributed by atoms with Crippen molar-refractivity contribution in [2.24, 2.45) is 11.3 Å². The average molecular weight is 323 g/mol. The molecule has 2 heterocycles. The Morgan fingerprint density at radius 3 is 1.83 bits per heavy atom. The molecule has 0 aromatic heterocycles. The van der Waals surface area contributed by atoms with E-state index in [2.05, 4.69) is 19.2 Å². The number of nitrogens with one attached hydrogen (secondary N) is 1. The first-order valence-electron chi connectivity index (χ1n) is 9.14. The van der Waals surface area contributed by atoms with E-state index in [1.165, 1.54) is 0 Å². The molecule has 0 aliphatic carbocycles. The van der Waals surface area contributed by atoms with Crippen molar-refractivity contribution in [2.45, 2.75) is 65.8 Å². The number of likely N-dealkylation sites (tertiary alicyclic amines) is 2. The summed E-state index contributed by atoms with van der Waals surface area (Å²) in [6.45, 7) is 11.7. The van der Waals surface area contributed by atoms with Gasteiger partial charge in [-0.25, -0.2) is 4.79 Å². The van der Waals surface area contributed by atoms with Gasteiger partial charge in [0.15, 0.2) is 0 Å². The number of piperidine rings is 2. The second-order valence-corrected chi connectivity index (χ2v) is 8.07. The van der Waals surface area contributed by atoms with Gasteiger partial charge in [-0.1, -0.05) is 13.8 Å². The molecule has 2 fully saturated rings. The molecule has 2 aliphatic rings. The summed E-state index contributed by atoms with van der Waals surface area (Å²) in [4.78, 5) is 28.3. The van der Waals surface area contributed by atoms with Gasteiger partial charge < -0.3 is 15.1 Å². The first-order valence-corrected chi connectivity index (χ1v) is 9.14. The minimum atomic E-state index is 0.0689. The maximum atomic E-state index is 12.2. The number of hydrogen-bond acceptors (Lipinski definition) is 2. The molecule has 1 spiro atoms. The van der Waals surface area contributed by atoms with Crippen LogP contribution in [0.15, 0.2) is 0 Å². The summed E-state index contributed by atoms with van der Waals surface area (Å²) >= 11 is 0. The van der Waals surface area contributed by atoms with Gasteiger partial charge in [0.25, 0.3) is 0 Å². The van der Waals surface area contributed by atoms with Crippen LogP contribution >= 0.6 is 0 Å². The summed E-state index contributed by atoms with van der Waals surface area (Å²) in [6.07, 6.45) is 5.00. The largest absolute Gasteiger partial charge is 0.343 e. The Balaban J connectivity index is 1.79. The van der Waals surface area contributed by atoms with E-state index < -0.39 is 0 Å². The van der Waals surface area contributed by atoms with Gasteiger partial charge in [-0.05, 0) is 50.9 Å². The monoisotopic (exact) mass is 323 g/mol. The molecule has 0 radical (unpaired) electrons. The number of carbonyl (C=O) groups is 2. The lowest BCUT2D eigenvalue weighted by Gasteiger charge is -2.47. The third-order valence-electron chi connectivity index (χ3n) is 5.28. The molecule has 0 bridgehead atoms. The van der Waals surface area contributed by atoms with Crippen molar-refractivity contribution in [3.05, 3.63) is 0 Å². The van der Waals surface area contributed by atoms with E-state index >= 15 is 0 Å². The topological polar surface area (TPSA) is 52.7 Å². The van der Waals surface area contributed by atoms with E-state index in [9.17, 15) is 9.59 Å². The molecule has 0 unspecified atom stereocenters.